The quantitative estimate of drug-likeness (QED) is 0.591. The van der Waals surface area contributed by atoms with Gasteiger partial charge in [0.15, 0.2) is 5.76 Å². The van der Waals surface area contributed by atoms with Crippen molar-refractivity contribution in [3.63, 3.8) is 0 Å². The molecule has 4 rings (SSSR count). The van der Waals surface area contributed by atoms with Gasteiger partial charge in [-0.3, -0.25) is 9.69 Å². The summed E-state index contributed by atoms with van der Waals surface area (Å²) in [7, 11) is 0. The second kappa shape index (κ2) is 9.71. The number of furan rings is 1. The van der Waals surface area contributed by atoms with Crippen LogP contribution in [0.3, 0.4) is 0 Å². The van der Waals surface area contributed by atoms with Crippen LogP contribution in [0, 0.1) is 0 Å². The number of nitrogens with one attached hydrogen (secondary N) is 1. The van der Waals surface area contributed by atoms with Crippen LogP contribution in [0.5, 0.6) is 0 Å². The molecule has 1 saturated heterocycles. The minimum atomic E-state index is 0.0210. The molecular weight excluding hydrogens is 380 g/mol. The maximum Gasteiger partial charge on any atom is 0.283 e. The summed E-state index contributed by atoms with van der Waals surface area (Å²) < 4.78 is 11.1. The number of unbranched alkanes of at least 4 members (excludes halogenated alkanes) is 1. The number of aryl methyl sites for hydroxylation is 1. The molecule has 0 radical (unpaired) electrons. The molecule has 0 atom stereocenters. The SMILES string of the molecule is CCCCc1ccc(NC(=O)CN2CCC(c3nnc(-c4ccco4)o3)CC2)cc1. The van der Waals surface area contributed by atoms with Gasteiger partial charge in [0.2, 0.25) is 11.8 Å². The number of piperidine rings is 1. The lowest BCUT2D eigenvalue weighted by Gasteiger charge is -2.29. The van der Waals surface area contributed by atoms with Crippen molar-refractivity contribution in [2.24, 2.45) is 0 Å². The maximum absolute atomic E-state index is 12.4. The van der Waals surface area contributed by atoms with Crippen LogP contribution in [0.2, 0.25) is 0 Å². The summed E-state index contributed by atoms with van der Waals surface area (Å²) in [6.45, 7) is 4.24. The molecule has 0 aliphatic carbocycles. The average Bonchev–Trinajstić information content (AvgIpc) is 3.46. The lowest BCUT2D eigenvalue weighted by atomic mass is 9.97. The lowest BCUT2D eigenvalue weighted by molar-refractivity contribution is -0.117. The number of amides is 1. The van der Waals surface area contributed by atoms with Gasteiger partial charge < -0.3 is 14.2 Å². The van der Waals surface area contributed by atoms with Crippen LogP contribution in [0.15, 0.2) is 51.5 Å². The zero-order valence-corrected chi connectivity index (χ0v) is 17.3. The molecule has 7 heteroatoms. The lowest BCUT2D eigenvalue weighted by Crippen LogP contribution is -2.38. The average molecular weight is 409 g/mol. The molecule has 158 valence electrons. The predicted octanol–water partition coefficient (Wildman–Crippen LogP) is 4.49. The fraction of sp³-hybridized carbons (Fsp3) is 0.435. The van der Waals surface area contributed by atoms with Gasteiger partial charge in [-0.2, -0.15) is 0 Å². The normalized spacial score (nSPS) is 15.4. The van der Waals surface area contributed by atoms with E-state index in [0.717, 1.165) is 38.0 Å². The van der Waals surface area contributed by atoms with Crippen LogP contribution in [0.1, 0.15) is 50.0 Å². The number of nitrogens with zero attached hydrogens (tertiary/aromatic N) is 3. The number of hydrogen-bond donors (Lipinski definition) is 1. The molecule has 1 aromatic carbocycles. The van der Waals surface area contributed by atoms with Gasteiger partial charge in [-0.15, -0.1) is 10.2 Å². The van der Waals surface area contributed by atoms with Crippen molar-refractivity contribution in [1.82, 2.24) is 15.1 Å². The Bertz CT molecular complexity index is 926. The van der Waals surface area contributed by atoms with Crippen LogP contribution < -0.4 is 5.32 Å². The standard InChI is InChI=1S/C23H28N4O3/c1-2-3-5-17-7-9-19(10-8-17)24-21(28)16-27-13-11-18(12-14-27)22-25-26-23(30-22)20-6-4-15-29-20/h4,6-10,15,18H,2-3,5,11-14,16H2,1H3,(H,24,28). The Morgan fingerprint density at radius 3 is 2.67 bits per heavy atom. The first-order valence-corrected chi connectivity index (χ1v) is 10.7. The van der Waals surface area contributed by atoms with Crippen molar-refractivity contribution in [3.05, 3.63) is 54.1 Å². The smallest absolute Gasteiger partial charge is 0.283 e. The Balaban J connectivity index is 1.23. The van der Waals surface area contributed by atoms with E-state index < -0.39 is 0 Å². The molecule has 1 fully saturated rings. The number of benzene rings is 1. The molecule has 7 nitrogen and oxygen atoms in total. The summed E-state index contributed by atoms with van der Waals surface area (Å²) in [5, 5.41) is 11.3. The van der Waals surface area contributed by atoms with E-state index in [1.165, 1.54) is 18.4 Å². The van der Waals surface area contributed by atoms with Gasteiger partial charge in [0.05, 0.1) is 12.8 Å². The highest BCUT2D eigenvalue weighted by Crippen LogP contribution is 2.29. The summed E-state index contributed by atoms with van der Waals surface area (Å²) in [5.74, 6) is 1.89. The highest BCUT2D eigenvalue weighted by molar-refractivity contribution is 5.92. The van der Waals surface area contributed by atoms with Crippen molar-refractivity contribution >= 4 is 11.6 Å². The predicted molar refractivity (Wildman–Crippen MR) is 114 cm³/mol. The first kappa shape index (κ1) is 20.3. The first-order chi connectivity index (χ1) is 14.7. The van der Waals surface area contributed by atoms with Crippen molar-refractivity contribution in [2.45, 2.75) is 44.9 Å². The van der Waals surface area contributed by atoms with Crippen LogP contribution in [-0.4, -0.2) is 40.6 Å². The largest absolute Gasteiger partial charge is 0.459 e. The molecule has 0 saturated carbocycles. The Morgan fingerprint density at radius 1 is 1.17 bits per heavy atom. The highest BCUT2D eigenvalue weighted by Gasteiger charge is 2.26. The Labute approximate surface area is 176 Å². The van der Waals surface area contributed by atoms with E-state index in [2.05, 4.69) is 39.5 Å². The van der Waals surface area contributed by atoms with E-state index in [1.807, 2.05) is 12.1 Å². The molecule has 0 bridgehead atoms. The zero-order chi connectivity index (χ0) is 20.8. The maximum atomic E-state index is 12.4. The van der Waals surface area contributed by atoms with Crippen molar-refractivity contribution in [2.75, 3.05) is 25.0 Å². The van der Waals surface area contributed by atoms with Gasteiger partial charge in [0, 0.05) is 11.6 Å². The van der Waals surface area contributed by atoms with E-state index in [-0.39, 0.29) is 11.8 Å². The number of anilines is 1. The minimum absolute atomic E-state index is 0.0210. The molecule has 1 amide bonds. The molecule has 1 aliphatic heterocycles. The Hall–Kier alpha value is -2.93. The summed E-state index contributed by atoms with van der Waals surface area (Å²) in [5.41, 5.74) is 2.17. The van der Waals surface area contributed by atoms with Crippen LogP contribution in [0.4, 0.5) is 5.69 Å². The molecule has 2 aromatic heterocycles. The second-order valence-electron chi connectivity index (χ2n) is 7.82. The van der Waals surface area contributed by atoms with E-state index in [4.69, 9.17) is 8.83 Å². The number of likely N-dealkylation sites (tertiary alicyclic amines) is 1. The van der Waals surface area contributed by atoms with E-state index >= 15 is 0 Å². The van der Waals surface area contributed by atoms with Gasteiger partial charge in [0.25, 0.3) is 5.89 Å². The summed E-state index contributed by atoms with van der Waals surface area (Å²) >= 11 is 0. The van der Waals surface area contributed by atoms with Crippen molar-refractivity contribution < 1.29 is 13.6 Å². The van der Waals surface area contributed by atoms with Gasteiger partial charge in [-0.1, -0.05) is 25.5 Å². The molecule has 3 aromatic rings. The molecule has 1 N–H and O–H groups in total. The molecule has 0 spiro atoms. The van der Waals surface area contributed by atoms with Crippen molar-refractivity contribution in [1.29, 1.82) is 0 Å². The van der Waals surface area contributed by atoms with Gasteiger partial charge in [0.1, 0.15) is 0 Å². The third kappa shape index (κ3) is 5.16. The monoisotopic (exact) mass is 408 g/mol. The van der Waals surface area contributed by atoms with Gasteiger partial charge in [-0.05, 0) is 68.6 Å². The minimum Gasteiger partial charge on any atom is -0.459 e. The number of rotatable bonds is 8. The number of carbonyl (C=O) groups is 1. The fourth-order valence-corrected chi connectivity index (χ4v) is 3.78. The molecule has 30 heavy (non-hydrogen) atoms. The second-order valence-corrected chi connectivity index (χ2v) is 7.82. The number of aromatic nitrogens is 2. The number of carbonyl (C=O) groups excluding carboxylic acids is 1. The summed E-state index contributed by atoms with van der Waals surface area (Å²) in [6.07, 6.45) is 6.83. The molecule has 3 heterocycles. The summed E-state index contributed by atoms with van der Waals surface area (Å²) in [4.78, 5) is 14.6. The molecular formula is C23H28N4O3. The number of hydrogen-bond acceptors (Lipinski definition) is 6. The van der Waals surface area contributed by atoms with E-state index in [9.17, 15) is 4.79 Å². The molecule has 0 unspecified atom stereocenters. The Morgan fingerprint density at radius 2 is 1.97 bits per heavy atom. The molecule has 1 aliphatic rings. The third-order valence-corrected chi connectivity index (χ3v) is 5.53. The van der Waals surface area contributed by atoms with E-state index in [1.54, 1.807) is 18.4 Å². The topological polar surface area (TPSA) is 84.4 Å². The fourth-order valence-electron chi connectivity index (χ4n) is 3.78. The van der Waals surface area contributed by atoms with Gasteiger partial charge in [-0.25, -0.2) is 0 Å². The summed E-state index contributed by atoms with van der Waals surface area (Å²) in [6, 6.07) is 11.8. The highest BCUT2D eigenvalue weighted by atomic mass is 16.4. The Kier molecular flexibility index (Phi) is 6.59. The third-order valence-electron chi connectivity index (χ3n) is 5.53. The zero-order valence-electron chi connectivity index (χ0n) is 17.3. The first-order valence-electron chi connectivity index (χ1n) is 10.7. The van der Waals surface area contributed by atoms with Crippen molar-refractivity contribution in [3.8, 4) is 11.7 Å². The van der Waals surface area contributed by atoms with Gasteiger partial charge >= 0.3 is 0 Å². The van der Waals surface area contributed by atoms with Crippen LogP contribution >= 0.6 is 0 Å². The van der Waals surface area contributed by atoms with E-state index in [0.29, 0.717) is 24.1 Å². The van der Waals surface area contributed by atoms with Crippen LogP contribution in [0.25, 0.3) is 11.7 Å². The van der Waals surface area contributed by atoms with Crippen LogP contribution in [-0.2, 0) is 11.2 Å².